The summed E-state index contributed by atoms with van der Waals surface area (Å²) in [7, 11) is 0. The summed E-state index contributed by atoms with van der Waals surface area (Å²) in [5.41, 5.74) is 0.242. The zero-order valence-electron chi connectivity index (χ0n) is 11.5. The van der Waals surface area contributed by atoms with E-state index in [9.17, 15) is 0 Å². The highest BCUT2D eigenvalue weighted by Crippen LogP contribution is 2.29. The zero-order chi connectivity index (χ0) is 12.0. The third-order valence-electron chi connectivity index (χ3n) is 3.91. The van der Waals surface area contributed by atoms with Crippen LogP contribution >= 0.6 is 0 Å². The molecule has 0 aromatic carbocycles. The van der Waals surface area contributed by atoms with E-state index in [1.807, 2.05) is 0 Å². The number of ether oxygens (including phenoxy) is 1. The van der Waals surface area contributed by atoms with E-state index in [-0.39, 0.29) is 5.54 Å². The van der Waals surface area contributed by atoms with E-state index in [2.05, 4.69) is 33.0 Å². The standard InChI is InChI=1S/C14H29NO/c1-5-14(3,4)15-11-12(2)16-10-9-13-7-6-8-13/h12-13,15H,5-11H2,1-4H3. The zero-order valence-corrected chi connectivity index (χ0v) is 11.5. The first-order valence-electron chi connectivity index (χ1n) is 6.90. The lowest BCUT2D eigenvalue weighted by Gasteiger charge is -2.28. The lowest BCUT2D eigenvalue weighted by Crippen LogP contribution is -2.42. The van der Waals surface area contributed by atoms with Crippen molar-refractivity contribution in [3.8, 4) is 0 Å². The Morgan fingerprint density at radius 1 is 1.38 bits per heavy atom. The fourth-order valence-electron chi connectivity index (χ4n) is 1.82. The summed E-state index contributed by atoms with van der Waals surface area (Å²) in [4.78, 5) is 0. The van der Waals surface area contributed by atoms with E-state index in [0.717, 1.165) is 25.5 Å². The summed E-state index contributed by atoms with van der Waals surface area (Å²) in [6.07, 6.45) is 7.05. The van der Waals surface area contributed by atoms with Crippen LogP contribution in [0.4, 0.5) is 0 Å². The Morgan fingerprint density at radius 3 is 2.56 bits per heavy atom. The van der Waals surface area contributed by atoms with Gasteiger partial charge < -0.3 is 10.1 Å². The summed E-state index contributed by atoms with van der Waals surface area (Å²) in [5.74, 6) is 0.965. The van der Waals surface area contributed by atoms with Crippen molar-refractivity contribution in [1.82, 2.24) is 5.32 Å². The fourth-order valence-corrected chi connectivity index (χ4v) is 1.82. The van der Waals surface area contributed by atoms with Gasteiger partial charge in [-0.3, -0.25) is 0 Å². The first-order valence-corrected chi connectivity index (χ1v) is 6.90. The third-order valence-corrected chi connectivity index (χ3v) is 3.91. The van der Waals surface area contributed by atoms with E-state index < -0.39 is 0 Å². The van der Waals surface area contributed by atoms with Crippen molar-refractivity contribution in [2.24, 2.45) is 5.92 Å². The van der Waals surface area contributed by atoms with Crippen LogP contribution < -0.4 is 5.32 Å². The number of hydrogen-bond acceptors (Lipinski definition) is 2. The molecule has 1 rings (SSSR count). The summed E-state index contributed by atoms with van der Waals surface area (Å²) < 4.78 is 5.83. The maximum atomic E-state index is 5.83. The fraction of sp³-hybridized carbons (Fsp3) is 1.00. The molecule has 16 heavy (non-hydrogen) atoms. The summed E-state index contributed by atoms with van der Waals surface area (Å²) in [6.45, 7) is 10.8. The Bertz CT molecular complexity index is 187. The molecule has 0 spiro atoms. The van der Waals surface area contributed by atoms with Gasteiger partial charge >= 0.3 is 0 Å². The van der Waals surface area contributed by atoms with Gasteiger partial charge in [0, 0.05) is 18.7 Å². The monoisotopic (exact) mass is 227 g/mol. The molecule has 0 aliphatic heterocycles. The van der Waals surface area contributed by atoms with E-state index in [4.69, 9.17) is 4.74 Å². The van der Waals surface area contributed by atoms with Crippen LogP contribution in [0.2, 0.25) is 0 Å². The Hall–Kier alpha value is -0.0800. The van der Waals surface area contributed by atoms with Crippen molar-refractivity contribution < 1.29 is 4.74 Å². The minimum atomic E-state index is 0.242. The lowest BCUT2D eigenvalue weighted by atomic mass is 9.83. The lowest BCUT2D eigenvalue weighted by molar-refractivity contribution is 0.0449. The average molecular weight is 227 g/mol. The molecule has 0 saturated heterocycles. The molecule has 96 valence electrons. The number of nitrogens with one attached hydrogen (secondary N) is 1. The van der Waals surface area contributed by atoms with Crippen molar-refractivity contribution >= 4 is 0 Å². The van der Waals surface area contributed by atoms with Gasteiger partial charge in [-0.15, -0.1) is 0 Å². The molecule has 1 saturated carbocycles. The van der Waals surface area contributed by atoms with Gasteiger partial charge in [-0.2, -0.15) is 0 Å². The molecule has 1 atom stereocenters. The second kappa shape index (κ2) is 6.61. The molecule has 1 N–H and O–H groups in total. The van der Waals surface area contributed by atoms with Crippen LogP contribution in [-0.2, 0) is 4.74 Å². The predicted molar refractivity (Wildman–Crippen MR) is 69.7 cm³/mol. The average Bonchev–Trinajstić information content (AvgIpc) is 2.19. The molecular weight excluding hydrogens is 198 g/mol. The predicted octanol–water partition coefficient (Wildman–Crippen LogP) is 3.36. The molecule has 0 aromatic heterocycles. The summed E-state index contributed by atoms with van der Waals surface area (Å²) in [5, 5.41) is 3.55. The molecule has 2 nitrogen and oxygen atoms in total. The molecule has 0 heterocycles. The molecule has 1 unspecified atom stereocenters. The quantitative estimate of drug-likeness (QED) is 0.686. The minimum absolute atomic E-state index is 0.242. The van der Waals surface area contributed by atoms with Crippen molar-refractivity contribution in [1.29, 1.82) is 0 Å². The normalized spacial score (nSPS) is 19.5. The topological polar surface area (TPSA) is 21.3 Å². The van der Waals surface area contributed by atoms with Crippen LogP contribution in [0, 0.1) is 5.92 Å². The first-order chi connectivity index (χ1) is 7.53. The maximum Gasteiger partial charge on any atom is 0.0671 e. The highest BCUT2D eigenvalue weighted by atomic mass is 16.5. The third kappa shape index (κ3) is 5.31. The van der Waals surface area contributed by atoms with Crippen LogP contribution in [0.15, 0.2) is 0 Å². The molecule has 1 aliphatic rings. The molecule has 0 radical (unpaired) electrons. The Morgan fingerprint density at radius 2 is 2.06 bits per heavy atom. The SMILES string of the molecule is CCC(C)(C)NCC(C)OCCC1CCC1. The second-order valence-electron chi connectivity index (χ2n) is 5.89. The first kappa shape index (κ1) is 14.0. The maximum absolute atomic E-state index is 5.83. The van der Waals surface area contributed by atoms with E-state index in [1.165, 1.54) is 25.7 Å². The highest BCUT2D eigenvalue weighted by molar-refractivity contribution is 4.76. The van der Waals surface area contributed by atoms with Crippen molar-refractivity contribution in [3.05, 3.63) is 0 Å². The van der Waals surface area contributed by atoms with E-state index in [0.29, 0.717) is 6.10 Å². The summed E-state index contributed by atoms with van der Waals surface area (Å²) >= 11 is 0. The van der Waals surface area contributed by atoms with E-state index >= 15 is 0 Å². The summed E-state index contributed by atoms with van der Waals surface area (Å²) in [6, 6.07) is 0. The number of hydrogen-bond donors (Lipinski definition) is 1. The Labute approximate surface area is 101 Å². The smallest absolute Gasteiger partial charge is 0.0671 e. The van der Waals surface area contributed by atoms with Gasteiger partial charge in [0.1, 0.15) is 0 Å². The van der Waals surface area contributed by atoms with Crippen LogP contribution in [0.25, 0.3) is 0 Å². The van der Waals surface area contributed by atoms with Gasteiger partial charge in [0.05, 0.1) is 6.10 Å². The second-order valence-corrected chi connectivity index (χ2v) is 5.89. The molecule has 0 bridgehead atoms. The van der Waals surface area contributed by atoms with Gasteiger partial charge in [-0.25, -0.2) is 0 Å². The van der Waals surface area contributed by atoms with Crippen LogP contribution in [-0.4, -0.2) is 24.8 Å². The van der Waals surface area contributed by atoms with Gasteiger partial charge in [0.15, 0.2) is 0 Å². The molecule has 1 aliphatic carbocycles. The largest absolute Gasteiger partial charge is 0.377 e. The van der Waals surface area contributed by atoms with Crippen LogP contribution in [0.1, 0.15) is 59.8 Å². The Balaban J connectivity index is 1.99. The van der Waals surface area contributed by atoms with Crippen molar-refractivity contribution in [3.63, 3.8) is 0 Å². The molecule has 1 fully saturated rings. The number of rotatable bonds is 8. The highest BCUT2D eigenvalue weighted by Gasteiger charge is 2.18. The molecule has 0 amide bonds. The van der Waals surface area contributed by atoms with Gasteiger partial charge in [0.2, 0.25) is 0 Å². The van der Waals surface area contributed by atoms with Crippen molar-refractivity contribution in [2.75, 3.05) is 13.2 Å². The van der Waals surface area contributed by atoms with Crippen molar-refractivity contribution in [2.45, 2.75) is 71.4 Å². The van der Waals surface area contributed by atoms with Gasteiger partial charge in [0.25, 0.3) is 0 Å². The molecular formula is C14H29NO. The van der Waals surface area contributed by atoms with Gasteiger partial charge in [-0.1, -0.05) is 26.2 Å². The van der Waals surface area contributed by atoms with E-state index in [1.54, 1.807) is 0 Å². The Kier molecular flexibility index (Phi) is 5.77. The molecule has 2 heteroatoms. The van der Waals surface area contributed by atoms with Crippen LogP contribution in [0.5, 0.6) is 0 Å². The van der Waals surface area contributed by atoms with Gasteiger partial charge in [-0.05, 0) is 39.5 Å². The van der Waals surface area contributed by atoms with Crippen LogP contribution in [0.3, 0.4) is 0 Å². The minimum Gasteiger partial charge on any atom is -0.377 e. The molecule has 0 aromatic rings.